The number of aryl methyl sites for hydroxylation is 1. The summed E-state index contributed by atoms with van der Waals surface area (Å²) in [6, 6.07) is 6.82. The van der Waals surface area contributed by atoms with Crippen LogP contribution in [0.25, 0.3) is 11.1 Å². The second-order valence-corrected chi connectivity index (χ2v) is 6.30. The van der Waals surface area contributed by atoms with Crippen molar-refractivity contribution in [2.24, 2.45) is 5.73 Å². The number of nitrogens with two attached hydrogens (primary N) is 1. The number of ketones is 1. The molecule has 1 heterocycles. The Morgan fingerprint density at radius 2 is 1.96 bits per heavy atom. The van der Waals surface area contributed by atoms with Gasteiger partial charge >= 0.3 is 5.97 Å². The Balaban J connectivity index is 2.86. The van der Waals surface area contributed by atoms with Gasteiger partial charge in [0.1, 0.15) is 6.61 Å². The number of benzene rings is 1. The van der Waals surface area contributed by atoms with Gasteiger partial charge in [0.25, 0.3) is 0 Å². The summed E-state index contributed by atoms with van der Waals surface area (Å²) in [6.45, 7) is 3.32. The van der Waals surface area contributed by atoms with E-state index in [1.807, 2.05) is 0 Å². The quantitative estimate of drug-likeness (QED) is 0.374. The van der Waals surface area contributed by atoms with Crippen molar-refractivity contribution in [3.63, 3.8) is 0 Å². The lowest BCUT2D eigenvalue weighted by atomic mass is 9.90. The standard InChI is InChI=1S/C20H23ClN2O5/c1-3-28-20(26)19-15(11-27-9-8-22)23-12(2)17(16(25)10-24)18(19)13-6-4-5-7-14(13)21/h4-7,24H,3,8-11,22H2,1-2H3. The second kappa shape index (κ2) is 10.3. The van der Waals surface area contributed by atoms with Crippen molar-refractivity contribution >= 4 is 23.4 Å². The van der Waals surface area contributed by atoms with E-state index < -0.39 is 18.4 Å². The predicted molar refractivity (Wildman–Crippen MR) is 106 cm³/mol. The lowest BCUT2D eigenvalue weighted by Gasteiger charge is -2.19. The normalized spacial score (nSPS) is 10.8. The summed E-state index contributed by atoms with van der Waals surface area (Å²) in [7, 11) is 0. The van der Waals surface area contributed by atoms with Gasteiger partial charge in [-0.2, -0.15) is 0 Å². The highest BCUT2D eigenvalue weighted by molar-refractivity contribution is 6.34. The first-order valence-electron chi connectivity index (χ1n) is 8.83. The maximum atomic E-state index is 12.8. The SMILES string of the molecule is CCOC(=O)c1c(COCCN)nc(C)c(C(=O)CO)c1-c1ccccc1Cl. The molecule has 28 heavy (non-hydrogen) atoms. The maximum absolute atomic E-state index is 12.8. The van der Waals surface area contributed by atoms with Crippen LogP contribution in [-0.4, -0.2) is 48.2 Å². The van der Waals surface area contributed by atoms with Gasteiger partial charge in [-0.1, -0.05) is 29.8 Å². The first-order chi connectivity index (χ1) is 13.5. The van der Waals surface area contributed by atoms with Crippen molar-refractivity contribution in [3.05, 3.63) is 51.8 Å². The molecule has 0 radical (unpaired) electrons. The molecule has 150 valence electrons. The molecular weight excluding hydrogens is 384 g/mol. The molecule has 0 unspecified atom stereocenters. The number of aliphatic hydroxyl groups excluding tert-OH is 1. The van der Waals surface area contributed by atoms with Crippen LogP contribution >= 0.6 is 11.6 Å². The van der Waals surface area contributed by atoms with Crippen LogP contribution in [0.4, 0.5) is 0 Å². The topological polar surface area (TPSA) is 112 Å². The highest BCUT2D eigenvalue weighted by atomic mass is 35.5. The Bertz CT molecular complexity index is 870. The fourth-order valence-corrected chi connectivity index (χ4v) is 3.13. The molecule has 0 atom stereocenters. The molecule has 0 aliphatic carbocycles. The van der Waals surface area contributed by atoms with Gasteiger partial charge < -0.3 is 20.3 Å². The number of pyridine rings is 1. The number of aliphatic hydroxyl groups is 1. The number of rotatable bonds is 9. The number of Topliss-reactive ketones (excluding diaryl/α,β-unsaturated/α-hetero) is 1. The van der Waals surface area contributed by atoms with Gasteiger partial charge in [-0.25, -0.2) is 4.79 Å². The van der Waals surface area contributed by atoms with Crippen LogP contribution in [0.15, 0.2) is 24.3 Å². The van der Waals surface area contributed by atoms with Crippen LogP contribution in [0, 0.1) is 6.92 Å². The zero-order valence-corrected chi connectivity index (χ0v) is 16.6. The number of ether oxygens (including phenoxy) is 2. The largest absolute Gasteiger partial charge is 0.462 e. The molecule has 0 fully saturated rings. The van der Waals surface area contributed by atoms with Crippen molar-refractivity contribution in [1.82, 2.24) is 4.98 Å². The highest BCUT2D eigenvalue weighted by Crippen LogP contribution is 2.36. The molecule has 3 N–H and O–H groups in total. The smallest absolute Gasteiger partial charge is 0.340 e. The molecule has 0 saturated carbocycles. The van der Waals surface area contributed by atoms with Gasteiger partial charge in [-0.05, 0) is 19.9 Å². The van der Waals surface area contributed by atoms with E-state index in [9.17, 15) is 14.7 Å². The van der Waals surface area contributed by atoms with E-state index in [0.717, 1.165) is 0 Å². The summed E-state index contributed by atoms with van der Waals surface area (Å²) >= 11 is 6.37. The summed E-state index contributed by atoms with van der Waals surface area (Å²) in [4.78, 5) is 29.7. The van der Waals surface area contributed by atoms with E-state index in [2.05, 4.69) is 4.98 Å². The van der Waals surface area contributed by atoms with Crippen LogP contribution < -0.4 is 5.73 Å². The van der Waals surface area contributed by atoms with Crippen LogP contribution in [-0.2, 0) is 16.1 Å². The molecule has 0 saturated heterocycles. The van der Waals surface area contributed by atoms with Gasteiger partial charge in [0.05, 0.1) is 36.6 Å². The Morgan fingerprint density at radius 3 is 2.57 bits per heavy atom. The molecule has 0 spiro atoms. The number of carbonyl (C=O) groups is 2. The molecule has 2 rings (SSSR count). The number of hydrogen-bond acceptors (Lipinski definition) is 7. The summed E-state index contributed by atoms with van der Waals surface area (Å²) in [6.07, 6.45) is 0. The fraction of sp³-hybridized carbons (Fsp3) is 0.350. The van der Waals surface area contributed by atoms with Crippen molar-refractivity contribution in [2.45, 2.75) is 20.5 Å². The first-order valence-corrected chi connectivity index (χ1v) is 9.21. The summed E-state index contributed by atoms with van der Waals surface area (Å²) in [5, 5.41) is 9.81. The van der Waals surface area contributed by atoms with E-state index in [1.54, 1.807) is 38.1 Å². The molecule has 0 bridgehead atoms. The zero-order chi connectivity index (χ0) is 20.7. The van der Waals surface area contributed by atoms with Crippen LogP contribution in [0.5, 0.6) is 0 Å². The van der Waals surface area contributed by atoms with Crippen LogP contribution in [0.3, 0.4) is 0 Å². The predicted octanol–water partition coefficient (Wildman–Crippen LogP) is 2.54. The van der Waals surface area contributed by atoms with Gasteiger partial charge in [0.2, 0.25) is 0 Å². The molecule has 1 aromatic heterocycles. The molecule has 0 aliphatic heterocycles. The summed E-state index contributed by atoms with van der Waals surface area (Å²) in [5.41, 5.74) is 7.10. The lowest BCUT2D eigenvalue weighted by Crippen LogP contribution is -2.20. The molecule has 0 aliphatic rings. The van der Waals surface area contributed by atoms with Crippen molar-refractivity contribution < 1.29 is 24.2 Å². The van der Waals surface area contributed by atoms with Gasteiger partial charge in [-0.15, -0.1) is 0 Å². The Morgan fingerprint density at radius 1 is 1.25 bits per heavy atom. The number of esters is 1. The maximum Gasteiger partial charge on any atom is 0.340 e. The van der Waals surface area contributed by atoms with Crippen molar-refractivity contribution in [1.29, 1.82) is 0 Å². The van der Waals surface area contributed by atoms with Gasteiger partial charge in [0.15, 0.2) is 5.78 Å². The number of carbonyl (C=O) groups excluding carboxylic acids is 2. The number of nitrogens with zero attached hydrogens (tertiary/aromatic N) is 1. The van der Waals surface area contributed by atoms with Crippen LogP contribution in [0.2, 0.25) is 5.02 Å². The van der Waals surface area contributed by atoms with Crippen molar-refractivity contribution in [3.8, 4) is 11.1 Å². The highest BCUT2D eigenvalue weighted by Gasteiger charge is 2.29. The van der Waals surface area contributed by atoms with E-state index in [0.29, 0.717) is 28.5 Å². The minimum atomic E-state index is -0.731. The van der Waals surface area contributed by atoms with E-state index >= 15 is 0 Å². The van der Waals surface area contributed by atoms with E-state index in [1.165, 1.54) is 0 Å². The first kappa shape index (κ1) is 22.0. The number of aromatic nitrogens is 1. The lowest BCUT2D eigenvalue weighted by molar-refractivity contribution is 0.0518. The molecular formula is C20H23ClN2O5. The average molecular weight is 407 g/mol. The molecule has 8 heteroatoms. The number of hydrogen-bond donors (Lipinski definition) is 2. The summed E-state index contributed by atoms with van der Waals surface area (Å²) < 4.78 is 10.7. The molecule has 2 aromatic rings. The Hall–Kier alpha value is -2.32. The van der Waals surface area contributed by atoms with Gasteiger partial charge in [-0.3, -0.25) is 9.78 Å². The fourth-order valence-electron chi connectivity index (χ4n) is 2.90. The van der Waals surface area contributed by atoms with E-state index in [-0.39, 0.29) is 36.5 Å². The third-order valence-corrected chi connectivity index (χ3v) is 4.33. The summed E-state index contributed by atoms with van der Waals surface area (Å²) in [5.74, 6) is -1.22. The zero-order valence-electron chi connectivity index (χ0n) is 15.8. The van der Waals surface area contributed by atoms with E-state index in [4.69, 9.17) is 26.8 Å². The third-order valence-electron chi connectivity index (χ3n) is 4.00. The van der Waals surface area contributed by atoms with Crippen molar-refractivity contribution in [2.75, 3.05) is 26.4 Å². The average Bonchev–Trinajstić information content (AvgIpc) is 2.67. The minimum absolute atomic E-state index is 0.0111. The molecule has 1 aromatic carbocycles. The minimum Gasteiger partial charge on any atom is -0.462 e. The van der Waals surface area contributed by atoms with Crippen LogP contribution in [0.1, 0.15) is 39.0 Å². The molecule has 7 nitrogen and oxygen atoms in total. The Labute approximate surface area is 168 Å². The Kier molecular flexibility index (Phi) is 8.07. The second-order valence-electron chi connectivity index (χ2n) is 5.89. The van der Waals surface area contributed by atoms with Gasteiger partial charge in [0, 0.05) is 28.4 Å². The monoisotopic (exact) mass is 406 g/mol. The third kappa shape index (κ3) is 4.74. The molecule has 0 amide bonds. The number of halogens is 1.